The van der Waals surface area contributed by atoms with Gasteiger partial charge in [0.05, 0.1) is 18.1 Å². The molecule has 1 aliphatic rings. The third kappa shape index (κ3) is 6.60. The van der Waals surface area contributed by atoms with Gasteiger partial charge in [-0.25, -0.2) is 13.4 Å². The van der Waals surface area contributed by atoms with E-state index in [1.54, 1.807) is 19.1 Å². The Kier molecular flexibility index (Phi) is 8.39. The molecule has 1 aliphatic heterocycles. The van der Waals surface area contributed by atoms with E-state index in [4.69, 9.17) is 9.47 Å². The van der Waals surface area contributed by atoms with Crippen LogP contribution in [0.15, 0.2) is 58.6 Å². The maximum Gasteiger partial charge on any atom is 0.257 e. The van der Waals surface area contributed by atoms with Gasteiger partial charge in [0.1, 0.15) is 5.75 Å². The topological polar surface area (TPSA) is 127 Å². The number of hydrogen-bond acceptors (Lipinski definition) is 8. The summed E-state index contributed by atoms with van der Waals surface area (Å²) in [5, 5.41) is 10.5. The van der Waals surface area contributed by atoms with Gasteiger partial charge < -0.3 is 14.8 Å². The highest BCUT2D eigenvalue weighted by atomic mass is 32.2. The van der Waals surface area contributed by atoms with Crippen molar-refractivity contribution in [3.8, 4) is 17.1 Å². The molecule has 10 nitrogen and oxygen atoms in total. The average molecular weight is 518 g/mol. The second-order valence-corrected chi connectivity index (χ2v) is 10.8. The second-order valence-electron chi connectivity index (χ2n) is 7.76. The summed E-state index contributed by atoms with van der Waals surface area (Å²) in [4.78, 5) is 16.8. The summed E-state index contributed by atoms with van der Waals surface area (Å²) in [5.74, 6) is 1.49. The number of aromatic nitrogens is 3. The first-order valence-electron chi connectivity index (χ1n) is 11.1. The van der Waals surface area contributed by atoms with E-state index in [1.165, 1.54) is 22.1 Å². The Bertz CT molecular complexity index is 1240. The molecule has 2 heterocycles. The average Bonchev–Trinajstić information content (AvgIpc) is 3.36. The second kappa shape index (κ2) is 11.7. The molecule has 4 rings (SSSR count). The van der Waals surface area contributed by atoms with Gasteiger partial charge in [-0.3, -0.25) is 9.89 Å². The highest BCUT2D eigenvalue weighted by molar-refractivity contribution is 7.99. The maximum atomic E-state index is 12.8. The van der Waals surface area contributed by atoms with E-state index in [1.807, 2.05) is 30.3 Å². The van der Waals surface area contributed by atoms with Crippen molar-refractivity contribution in [1.29, 1.82) is 0 Å². The summed E-state index contributed by atoms with van der Waals surface area (Å²) in [5.41, 5.74) is 1.60. The molecule has 1 fully saturated rings. The molecule has 2 aromatic carbocycles. The molecule has 12 heteroatoms. The minimum absolute atomic E-state index is 0.167. The summed E-state index contributed by atoms with van der Waals surface area (Å²) >= 11 is 1.43. The van der Waals surface area contributed by atoms with Gasteiger partial charge >= 0.3 is 0 Å². The van der Waals surface area contributed by atoms with Crippen LogP contribution >= 0.6 is 11.8 Å². The number of rotatable bonds is 10. The molecule has 0 saturated carbocycles. The molecule has 0 spiro atoms. The largest absolute Gasteiger partial charge is 0.484 e. The Balaban J connectivity index is 1.21. The van der Waals surface area contributed by atoms with Gasteiger partial charge in [-0.2, -0.15) is 4.31 Å². The highest BCUT2D eigenvalue weighted by Crippen LogP contribution is 2.24. The zero-order chi connectivity index (χ0) is 24.7. The number of hydrogen-bond donors (Lipinski definition) is 2. The molecule has 0 bridgehead atoms. The first-order chi connectivity index (χ1) is 16.9. The Morgan fingerprint density at radius 2 is 1.97 bits per heavy atom. The Morgan fingerprint density at radius 3 is 2.71 bits per heavy atom. The summed E-state index contributed by atoms with van der Waals surface area (Å²) in [7, 11) is -3.58. The summed E-state index contributed by atoms with van der Waals surface area (Å²) in [6, 6.07) is 14.4. The van der Waals surface area contributed by atoms with Crippen LogP contribution in [0, 0.1) is 6.92 Å². The normalized spacial score (nSPS) is 14.5. The van der Waals surface area contributed by atoms with Crippen molar-refractivity contribution in [3.63, 3.8) is 0 Å². The fourth-order valence-electron chi connectivity index (χ4n) is 3.44. The molecular formula is C23H27N5O5S2. The number of ether oxygens (including phenoxy) is 2. The van der Waals surface area contributed by atoms with Crippen molar-refractivity contribution >= 4 is 27.7 Å². The van der Waals surface area contributed by atoms with E-state index in [-0.39, 0.29) is 17.4 Å². The van der Waals surface area contributed by atoms with Gasteiger partial charge in [0.2, 0.25) is 15.2 Å². The number of H-pyrrole nitrogens is 1. The zero-order valence-electron chi connectivity index (χ0n) is 19.3. The number of amides is 1. The molecule has 2 N–H and O–H groups in total. The van der Waals surface area contributed by atoms with E-state index in [0.717, 1.165) is 5.56 Å². The fourth-order valence-corrected chi connectivity index (χ4v) is 5.59. The number of nitrogens with zero attached hydrogens (tertiary/aromatic N) is 3. The fraction of sp³-hybridized carbons (Fsp3) is 0.348. The van der Waals surface area contributed by atoms with Crippen LogP contribution < -0.4 is 10.1 Å². The Labute approximate surface area is 208 Å². The lowest BCUT2D eigenvalue weighted by molar-refractivity contribution is -0.122. The van der Waals surface area contributed by atoms with E-state index in [0.29, 0.717) is 60.9 Å². The third-order valence-corrected chi connectivity index (χ3v) is 8.02. The molecule has 1 saturated heterocycles. The molecule has 0 atom stereocenters. The monoisotopic (exact) mass is 517 g/mol. The van der Waals surface area contributed by atoms with Crippen LogP contribution in [0.2, 0.25) is 0 Å². The summed E-state index contributed by atoms with van der Waals surface area (Å²) < 4.78 is 37.8. The van der Waals surface area contributed by atoms with Crippen molar-refractivity contribution in [2.24, 2.45) is 0 Å². The van der Waals surface area contributed by atoms with Crippen LogP contribution in [0.4, 0.5) is 0 Å². The maximum absolute atomic E-state index is 12.8. The van der Waals surface area contributed by atoms with Gasteiger partial charge in [-0.15, -0.1) is 5.10 Å². The summed E-state index contributed by atoms with van der Waals surface area (Å²) in [6.07, 6.45) is 0. The molecule has 0 unspecified atom stereocenters. The third-order valence-electron chi connectivity index (χ3n) is 5.28. The van der Waals surface area contributed by atoms with Crippen LogP contribution in [0.1, 0.15) is 5.56 Å². The molecule has 3 aromatic rings. The minimum atomic E-state index is -3.58. The smallest absolute Gasteiger partial charge is 0.257 e. The van der Waals surface area contributed by atoms with Crippen LogP contribution in [0.3, 0.4) is 0 Å². The van der Waals surface area contributed by atoms with Gasteiger partial charge in [-0.1, -0.05) is 42.1 Å². The van der Waals surface area contributed by atoms with E-state index >= 15 is 0 Å². The summed E-state index contributed by atoms with van der Waals surface area (Å²) in [6.45, 7) is 3.46. The molecule has 35 heavy (non-hydrogen) atoms. The quantitative estimate of drug-likeness (QED) is 0.309. The van der Waals surface area contributed by atoms with E-state index in [9.17, 15) is 13.2 Å². The number of morpholine rings is 1. The lowest BCUT2D eigenvalue weighted by atomic mass is 10.2. The number of thioether (sulfide) groups is 1. The van der Waals surface area contributed by atoms with Gasteiger partial charge in [0.25, 0.3) is 5.91 Å². The number of sulfonamides is 1. The van der Waals surface area contributed by atoms with Crippen LogP contribution in [0.5, 0.6) is 5.75 Å². The van der Waals surface area contributed by atoms with Gasteiger partial charge in [-0.05, 0) is 30.7 Å². The van der Waals surface area contributed by atoms with Crippen molar-refractivity contribution in [1.82, 2.24) is 24.8 Å². The molecule has 1 amide bonds. The molecular weight excluding hydrogens is 490 g/mol. The zero-order valence-corrected chi connectivity index (χ0v) is 20.9. The predicted octanol–water partition coefficient (Wildman–Crippen LogP) is 2.09. The molecule has 1 aromatic heterocycles. The predicted molar refractivity (Wildman–Crippen MR) is 132 cm³/mol. The molecule has 186 valence electrons. The van der Waals surface area contributed by atoms with Crippen LogP contribution in [0.25, 0.3) is 11.4 Å². The van der Waals surface area contributed by atoms with Gasteiger partial charge in [0.15, 0.2) is 12.4 Å². The van der Waals surface area contributed by atoms with Crippen LogP contribution in [-0.2, 0) is 19.6 Å². The number of benzene rings is 2. The van der Waals surface area contributed by atoms with Gasteiger partial charge in [0, 0.05) is 31.0 Å². The Hall–Kier alpha value is -2.93. The van der Waals surface area contributed by atoms with Crippen molar-refractivity contribution < 1.29 is 22.7 Å². The van der Waals surface area contributed by atoms with Crippen molar-refractivity contribution in [2.45, 2.75) is 17.0 Å². The lowest BCUT2D eigenvalue weighted by Gasteiger charge is -2.26. The number of aryl methyl sites for hydroxylation is 1. The van der Waals surface area contributed by atoms with Crippen LogP contribution in [-0.4, -0.2) is 79.0 Å². The molecule has 0 radical (unpaired) electrons. The highest BCUT2D eigenvalue weighted by Gasteiger charge is 2.26. The first kappa shape index (κ1) is 25.2. The number of carbonyl (C=O) groups is 1. The van der Waals surface area contributed by atoms with Crippen molar-refractivity contribution in [2.75, 3.05) is 45.2 Å². The van der Waals surface area contributed by atoms with E-state index in [2.05, 4.69) is 20.5 Å². The molecule has 0 aliphatic carbocycles. The minimum Gasteiger partial charge on any atom is -0.484 e. The SMILES string of the molecule is Cc1cc(S(=O)(=O)N2CCOCC2)ccc1OCC(=O)NCCSc1n[nH]c(-c2ccccc2)n1. The lowest BCUT2D eigenvalue weighted by Crippen LogP contribution is -2.40. The standard InChI is InChI=1S/C23H27N5O5S2/c1-17-15-19(35(30,31)28-10-12-32-13-11-28)7-8-20(17)33-16-21(29)24-9-14-34-23-25-22(26-27-23)18-5-3-2-4-6-18/h2-8,15H,9-14,16H2,1H3,(H,24,29)(H,25,26,27). The Morgan fingerprint density at radius 1 is 1.20 bits per heavy atom. The van der Waals surface area contributed by atoms with Crippen molar-refractivity contribution in [3.05, 3.63) is 54.1 Å². The number of aromatic amines is 1. The number of nitrogens with one attached hydrogen (secondary N) is 2. The number of carbonyl (C=O) groups excluding carboxylic acids is 1. The van der Waals surface area contributed by atoms with E-state index < -0.39 is 10.0 Å². The first-order valence-corrected chi connectivity index (χ1v) is 13.5.